The van der Waals surface area contributed by atoms with E-state index in [1.807, 2.05) is 0 Å². The largest absolute Gasteiger partial charge is 0.363 e. The smallest absolute Gasteiger partial charge is 0.138 e. The van der Waals surface area contributed by atoms with E-state index >= 15 is 0 Å². The van der Waals surface area contributed by atoms with E-state index in [4.69, 9.17) is 11.6 Å². The Kier molecular flexibility index (Phi) is 2.71. The number of rotatable bonds is 3. The minimum absolute atomic E-state index is 0.0542. The molecule has 0 unspecified atom stereocenters. The summed E-state index contributed by atoms with van der Waals surface area (Å²) < 4.78 is 0. The summed E-state index contributed by atoms with van der Waals surface area (Å²) in [7, 11) is 0. The molecule has 17 heavy (non-hydrogen) atoms. The zero-order chi connectivity index (χ0) is 11.9. The van der Waals surface area contributed by atoms with E-state index in [0.29, 0.717) is 5.88 Å². The second kappa shape index (κ2) is 4.10. The lowest BCUT2D eigenvalue weighted by Gasteiger charge is -2.41. The molecular formula is C12H14ClN3S. The van der Waals surface area contributed by atoms with E-state index in [1.54, 1.807) is 17.7 Å². The molecule has 0 saturated heterocycles. The van der Waals surface area contributed by atoms with Crippen molar-refractivity contribution < 1.29 is 0 Å². The second-order valence-corrected chi connectivity index (χ2v) is 6.19. The molecule has 1 aliphatic rings. The van der Waals surface area contributed by atoms with Gasteiger partial charge in [0.15, 0.2) is 0 Å². The number of fused-ring (bicyclic) bond motifs is 1. The van der Waals surface area contributed by atoms with Crippen LogP contribution in [0.5, 0.6) is 0 Å². The molecule has 1 saturated carbocycles. The first-order chi connectivity index (χ1) is 8.22. The standard InChI is InChI=1S/C12H14ClN3S/c1-8-5-9-10(14-7-15-11(9)17-8)16-12(6-13)3-2-4-12/h5,7H,2-4,6H2,1H3,(H,14,15,16). The Balaban J connectivity index is 1.99. The Bertz CT molecular complexity index is 542. The first kappa shape index (κ1) is 11.2. The monoisotopic (exact) mass is 267 g/mol. The molecule has 0 atom stereocenters. The van der Waals surface area contributed by atoms with E-state index in [9.17, 15) is 0 Å². The Morgan fingerprint density at radius 1 is 1.47 bits per heavy atom. The van der Waals surface area contributed by atoms with E-state index in [-0.39, 0.29) is 5.54 Å². The Hall–Kier alpha value is -0.870. The van der Waals surface area contributed by atoms with E-state index < -0.39 is 0 Å². The Labute approximate surface area is 109 Å². The number of hydrogen-bond acceptors (Lipinski definition) is 4. The van der Waals surface area contributed by atoms with Gasteiger partial charge in [0.2, 0.25) is 0 Å². The van der Waals surface area contributed by atoms with Crippen LogP contribution >= 0.6 is 22.9 Å². The number of nitrogens with zero attached hydrogens (tertiary/aromatic N) is 2. The number of thiophene rings is 1. The van der Waals surface area contributed by atoms with E-state index in [2.05, 4.69) is 28.3 Å². The van der Waals surface area contributed by atoms with Gasteiger partial charge in [0.05, 0.1) is 10.9 Å². The molecule has 0 aliphatic heterocycles. The summed E-state index contributed by atoms with van der Waals surface area (Å²) in [6, 6.07) is 2.14. The minimum atomic E-state index is 0.0542. The fourth-order valence-electron chi connectivity index (χ4n) is 2.22. The van der Waals surface area contributed by atoms with Gasteiger partial charge in [-0.2, -0.15) is 0 Å². The maximum Gasteiger partial charge on any atom is 0.138 e. The average molecular weight is 268 g/mol. The predicted octanol–water partition coefficient (Wildman–Crippen LogP) is 3.57. The van der Waals surface area contributed by atoms with Crippen LogP contribution in [0.3, 0.4) is 0 Å². The van der Waals surface area contributed by atoms with Crippen LogP contribution in [-0.2, 0) is 0 Å². The molecule has 2 aromatic rings. The minimum Gasteiger partial charge on any atom is -0.363 e. The van der Waals surface area contributed by atoms with Gasteiger partial charge in [-0.25, -0.2) is 9.97 Å². The van der Waals surface area contributed by atoms with Crippen LogP contribution in [0, 0.1) is 6.92 Å². The van der Waals surface area contributed by atoms with Crippen LogP contribution in [0.2, 0.25) is 0 Å². The van der Waals surface area contributed by atoms with Gasteiger partial charge in [0.1, 0.15) is 17.0 Å². The highest BCUT2D eigenvalue weighted by Crippen LogP contribution is 2.38. The lowest BCUT2D eigenvalue weighted by atomic mass is 9.78. The van der Waals surface area contributed by atoms with E-state index in [1.165, 1.54) is 11.3 Å². The summed E-state index contributed by atoms with van der Waals surface area (Å²) >= 11 is 7.76. The first-order valence-electron chi connectivity index (χ1n) is 5.78. The first-order valence-corrected chi connectivity index (χ1v) is 7.13. The normalized spacial score (nSPS) is 18.0. The molecule has 0 amide bonds. The number of anilines is 1. The molecule has 5 heteroatoms. The van der Waals surface area contributed by atoms with E-state index in [0.717, 1.165) is 28.9 Å². The molecule has 3 nitrogen and oxygen atoms in total. The van der Waals surface area contributed by atoms with Gasteiger partial charge >= 0.3 is 0 Å². The summed E-state index contributed by atoms with van der Waals surface area (Å²) in [6.45, 7) is 2.09. The van der Waals surface area contributed by atoms with Gasteiger partial charge < -0.3 is 5.32 Å². The van der Waals surface area contributed by atoms with Crippen molar-refractivity contribution >= 4 is 39.0 Å². The summed E-state index contributed by atoms with van der Waals surface area (Å²) in [4.78, 5) is 11.0. The summed E-state index contributed by atoms with van der Waals surface area (Å²) in [6.07, 6.45) is 5.13. The van der Waals surface area contributed by atoms with Crippen molar-refractivity contribution in [3.8, 4) is 0 Å². The van der Waals surface area contributed by atoms with Crippen LogP contribution in [0.15, 0.2) is 12.4 Å². The van der Waals surface area contributed by atoms with Gasteiger partial charge in [-0.15, -0.1) is 22.9 Å². The third kappa shape index (κ3) is 1.89. The average Bonchev–Trinajstić information content (AvgIpc) is 2.64. The molecule has 0 spiro atoms. The van der Waals surface area contributed by atoms with Gasteiger partial charge in [-0.1, -0.05) is 0 Å². The fourth-order valence-corrected chi connectivity index (χ4v) is 3.40. The topological polar surface area (TPSA) is 37.8 Å². The SMILES string of the molecule is Cc1cc2c(NC3(CCl)CCC3)ncnc2s1. The molecule has 3 rings (SSSR count). The number of aryl methyl sites for hydroxylation is 1. The van der Waals surface area contributed by atoms with Gasteiger partial charge in [0.25, 0.3) is 0 Å². The van der Waals surface area contributed by atoms with Crippen LogP contribution in [0.1, 0.15) is 24.1 Å². The van der Waals surface area contributed by atoms with Crippen molar-refractivity contribution in [2.24, 2.45) is 0 Å². The molecule has 1 aliphatic carbocycles. The highest BCUT2D eigenvalue weighted by Gasteiger charge is 2.36. The number of hydrogen-bond donors (Lipinski definition) is 1. The molecule has 1 fully saturated rings. The molecule has 90 valence electrons. The van der Waals surface area contributed by atoms with Crippen molar-refractivity contribution in [2.45, 2.75) is 31.7 Å². The Morgan fingerprint density at radius 3 is 2.94 bits per heavy atom. The van der Waals surface area contributed by atoms with Crippen molar-refractivity contribution in [3.63, 3.8) is 0 Å². The van der Waals surface area contributed by atoms with Gasteiger partial charge in [-0.3, -0.25) is 0 Å². The summed E-state index contributed by atoms with van der Waals surface area (Å²) in [5.41, 5.74) is 0.0542. The molecule has 2 heterocycles. The predicted molar refractivity (Wildman–Crippen MR) is 73.1 cm³/mol. The van der Waals surface area contributed by atoms with Crippen LogP contribution in [-0.4, -0.2) is 21.4 Å². The summed E-state index contributed by atoms with van der Waals surface area (Å²) in [5, 5.41) is 4.64. The maximum absolute atomic E-state index is 6.06. The lowest BCUT2D eigenvalue weighted by molar-refractivity contribution is 0.310. The van der Waals surface area contributed by atoms with Crippen molar-refractivity contribution in [3.05, 3.63) is 17.3 Å². The third-order valence-electron chi connectivity index (χ3n) is 3.40. The van der Waals surface area contributed by atoms with Crippen LogP contribution in [0.4, 0.5) is 5.82 Å². The van der Waals surface area contributed by atoms with Crippen LogP contribution in [0.25, 0.3) is 10.2 Å². The van der Waals surface area contributed by atoms with Crippen molar-refractivity contribution in [1.82, 2.24) is 9.97 Å². The van der Waals surface area contributed by atoms with Crippen molar-refractivity contribution in [1.29, 1.82) is 0 Å². The van der Waals surface area contributed by atoms with Gasteiger partial charge in [0, 0.05) is 10.8 Å². The van der Waals surface area contributed by atoms with Crippen molar-refractivity contribution in [2.75, 3.05) is 11.2 Å². The number of halogens is 1. The zero-order valence-corrected chi connectivity index (χ0v) is 11.2. The summed E-state index contributed by atoms with van der Waals surface area (Å²) in [5.74, 6) is 1.57. The van der Waals surface area contributed by atoms with Gasteiger partial charge in [-0.05, 0) is 32.3 Å². The molecule has 0 aromatic carbocycles. The number of aromatic nitrogens is 2. The molecule has 0 radical (unpaired) electrons. The fraction of sp³-hybridized carbons (Fsp3) is 0.500. The quantitative estimate of drug-likeness (QED) is 0.864. The highest BCUT2D eigenvalue weighted by atomic mass is 35.5. The van der Waals surface area contributed by atoms with Crippen LogP contribution < -0.4 is 5.32 Å². The Morgan fingerprint density at radius 2 is 2.29 bits per heavy atom. The zero-order valence-electron chi connectivity index (χ0n) is 9.66. The number of nitrogens with one attached hydrogen (secondary N) is 1. The molecule has 1 N–H and O–H groups in total. The highest BCUT2D eigenvalue weighted by molar-refractivity contribution is 7.18. The molecule has 2 aromatic heterocycles. The molecule has 0 bridgehead atoms. The maximum atomic E-state index is 6.06. The second-order valence-electron chi connectivity index (χ2n) is 4.69. The lowest BCUT2D eigenvalue weighted by Crippen LogP contribution is -2.47. The third-order valence-corrected chi connectivity index (χ3v) is 4.87. The number of alkyl halides is 1. The molecular weight excluding hydrogens is 254 g/mol.